The highest BCUT2D eigenvalue weighted by atomic mass is 32.1. The number of halogens is 1. The van der Waals surface area contributed by atoms with E-state index in [1.807, 2.05) is 0 Å². The molecule has 92 valence electrons. The Hall–Kier alpha value is -1.56. The number of hydrogen-bond acceptors (Lipinski definition) is 3. The molecule has 3 N–H and O–H groups in total. The first-order valence-corrected chi connectivity index (χ1v) is 5.29. The molecular formula is C11H13FN2O2S. The van der Waals surface area contributed by atoms with Gasteiger partial charge in [-0.2, -0.15) is 0 Å². The van der Waals surface area contributed by atoms with Crippen molar-refractivity contribution in [3.8, 4) is 0 Å². The van der Waals surface area contributed by atoms with E-state index < -0.39 is 23.2 Å². The maximum Gasteiger partial charge on any atom is 0.255 e. The zero-order chi connectivity index (χ0) is 13.2. The zero-order valence-electron chi connectivity index (χ0n) is 9.45. The Morgan fingerprint density at radius 2 is 2.00 bits per heavy atom. The molecule has 0 aromatic heterocycles. The van der Waals surface area contributed by atoms with E-state index in [0.29, 0.717) is 4.90 Å². The molecule has 1 rings (SSSR count). The quantitative estimate of drug-likeness (QED) is 0.709. The monoisotopic (exact) mass is 256 g/mol. The smallest absolute Gasteiger partial charge is 0.255 e. The van der Waals surface area contributed by atoms with E-state index >= 15 is 0 Å². The average molecular weight is 256 g/mol. The van der Waals surface area contributed by atoms with Crippen LogP contribution in [0.4, 0.5) is 4.39 Å². The van der Waals surface area contributed by atoms with Crippen LogP contribution in [0.25, 0.3) is 0 Å². The first-order valence-electron chi connectivity index (χ1n) is 4.85. The fourth-order valence-electron chi connectivity index (χ4n) is 1.10. The van der Waals surface area contributed by atoms with Gasteiger partial charge in [-0.05, 0) is 32.0 Å². The summed E-state index contributed by atoms with van der Waals surface area (Å²) in [5.41, 5.74) is 3.69. The highest BCUT2D eigenvalue weighted by Crippen LogP contribution is 2.14. The largest absolute Gasteiger partial charge is 0.368 e. The lowest BCUT2D eigenvalue weighted by Gasteiger charge is -2.22. The van der Waals surface area contributed by atoms with E-state index in [0.717, 1.165) is 6.07 Å². The number of benzene rings is 1. The molecule has 0 unspecified atom stereocenters. The lowest BCUT2D eigenvalue weighted by molar-refractivity contribution is -0.122. The molecule has 0 heterocycles. The molecule has 0 fully saturated rings. The molecule has 0 spiro atoms. The van der Waals surface area contributed by atoms with Crippen molar-refractivity contribution in [3.63, 3.8) is 0 Å². The summed E-state index contributed by atoms with van der Waals surface area (Å²) < 4.78 is 13.4. The van der Waals surface area contributed by atoms with Crippen LogP contribution in [0.5, 0.6) is 0 Å². The molecule has 0 aliphatic heterocycles. The Kier molecular flexibility index (Phi) is 3.77. The van der Waals surface area contributed by atoms with Gasteiger partial charge in [0, 0.05) is 4.90 Å². The van der Waals surface area contributed by atoms with Gasteiger partial charge in [0.2, 0.25) is 5.91 Å². The van der Waals surface area contributed by atoms with Crippen LogP contribution in [0.3, 0.4) is 0 Å². The van der Waals surface area contributed by atoms with Crippen LogP contribution in [-0.4, -0.2) is 17.4 Å². The molecule has 2 amide bonds. The van der Waals surface area contributed by atoms with E-state index in [2.05, 4.69) is 17.9 Å². The highest BCUT2D eigenvalue weighted by Gasteiger charge is 2.28. The third kappa shape index (κ3) is 3.20. The fourth-order valence-corrected chi connectivity index (χ4v) is 1.30. The van der Waals surface area contributed by atoms with E-state index in [1.54, 1.807) is 0 Å². The molecule has 1 aromatic rings. The summed E-state index contributed by atoms with van der Waals surface area (Å²) in [5, 5.41) is 2.35. The molecule has 1 aromatic carbocycles. The summed E-state index contributed by atoms with van der Waals surface area (Å²) in [7, 11) is 0. The normalized spacial score (nSPS) is 11.1. The molecule has 0 radical (unpaired) electrons. The standard InChI is InChI=1S/C11H13FN2O2S/c1-11(2,10(13)16)14-9(15)7-5-6(17)3-4-8(7)12/h3-5,17H,1-2H3,(H2,13,16)(H,14,15). The third-order valence-corrected chi connectivity index (χ3v) is 2.51. The van der Waals surface area contributed by atoms with Crippen LogP contribution in [0.2, 0.25) is 0 Å². The molecule has 0 aliphatic rings. The van der Waals surface area contributed by atoms with Gasteiger partial charge < -0.3 is 11.1 Å². The summed E-state index contributed by atoms with van der Waals surface area (Å²) in [4.78, 5) is 23.2. The lowest BCUT2D eigenvalue weighted by atomic mass is 10.0. The van der Waals surface area contributed by atoms with Crippen molar-refractivity contribution in [1.29, 1.82) is 0 Å². The Bertz CT molecular complexity index is 475. The van der Waals surface area contributed by atoms with Gasteiger partial charge in [0.15, 0.2) is 0 Å². The molecule has 17 heavy (non-hydrogen) atoms. The van der Waals surface area contributed by atoms with Gasteiger partial charge in [-0.25, -0.2) is 4.39 Å². The van der Waals surface area contributed by atoms with Gasteiger partial charge >= 0.3 is 0 Å². The van der Waals surface area contributed by atoms with E-state index in [9.17, 15) is 14.0 Å². The number of amides is 2. The Morgan fingerprint density at radius 1 is 1.41 bits per heavy atom. The van der Waals surface area contributed by atoms with Gasteiger partial charge in [-0.15, -0.1) is 12.6 Å². The van der Waals surface area contributed by atoms with Crippen LogP contribution < -0.4 is 11.1 Å². The number of primary amides is 1. The molecular weight excluding hydrogens is 243 g/mol. The first-order chi connectivity index (χ1) is 7.74. The van der Waals surface area contributed by atoms with E-state index in [1.165, 1.54) is 26.0 Å². The predicted octanol–water partition coefficient (Wildman–Crippen LogP) is 1.11. The van der Waals surface area contributed by atoms with Crippen LogP contribution in [0, 0.1) is 5.82 Å². The number of thiol groups is 1. The maximum absolute atomic E-state index is 13.4. The van der Waals surface area contributed by atoms with Crippen molar-refractivity contribution in [1.82, 2.24) is 5.32 Å². The van der Waals surface area contributed by atoms with Gasteiger partial charge in [-0.3, -0.25) is 9.59 Å². The number of rotatable bonds is 3. The van der Waals surface area contributed by atoms with Gasteiger partial charge in [0.05, 0.1) is 5.56 Å². The molecule has 6 heteroatoms. The first kappa shape index (κ1) is 13.5. The summed E-state index contributed by atoms with van der Waals surface area (Å²) in [6.45, 7) is 2.88. The summed E-state index contributed by atoms with van der Waals surface area (Å²) in [5.74, 6) is -2.09. The number of carbonyl (C=O) groups excluding carboxylic acids is 2. The zero-order valence-corrected chi connectivity index (χ0v) is 10.3. The van der Waals surface area contributed by atoms with Gasteiger partial charge in [0.25, 0.3) is 5.91 Å². The highest BCUT2D eigenvalue weighted by molar-refractivity contribution is 7.80. The van der Waals surface area contributed by atoms with E-state index in [-0.39, 0.29) is 5.56 Å². The number of nitrogens with two attached hydrogens (primary N) is 1. The molecule has 0 bridgehead atoms. The minimum atomic E-state index is -1.24. The van der Waals surface area contributed by atoms with Crippen molar-refractivity contribution in [2.75, 3.05) is 0 Å². The van der Waals surface area contributed by atoms with Crippen molar-refractivity contribution in [2.45, 2.75) is 24.3 Å². The minimum absolute atomic E-state index is 0.174. The second-order valence-electron chi connectivity index (χ2n) is 4.11. The van der Waals surface area contributed by atoms with Crippen LogP contribution in [0.1, 0.15) is 24.2 Å². The summed E-state index contributed by atoms with van der Waals surface area (Å²) >= 11 is 4.01. The van der Waals surface area contributed by atoms with Gasteiger partial charge in [0.1, 0.15) is 11.4 Å². The van der Waals surface area contributed by atoms with Crippen molar-refractivity contribution < 1.29 is 14.0 Å². The van der Waals surface area contributed by atoms with Crippen LogP contribution >= 0.6 is 12.6 Å². The Morgan fingerprint density at radius 3 is 2.53 bits per heavy atom. The summed E-state index contributed by atoms with van der Waals surface area (Å²) in [6, 6.07) is 3.84. The Balaban J connectivity index is 2.98. The molecule has 0 saturated carbocycles. The van der Waals surface area contributed by atoms with Crippen LogP contribution in [0.15, 0.2) is 23.1 Å². The predicted molar refractivity (Wildman–Crippen MR) is 64.4 cm³/mol. The van der Waals surface area contributed by atoms with Crippen molar-refractivity contribution in [3.05, 3.63) is 29.6 Å². The SMILES string of the molecule is CC(C)(NC(=O)c1cc(S)ccc1F)C(N)=O. The third-order valence-electron chi connectivity index (χ3n) is 2.24. The average Bonchev–Trinajstić information content (AvgIpc) is 2.20. The van der Waals surface area contributed by atoms with E-state index in [4.69, 9.17) is 5.73 Å². The second kappa shape index (κ2) is 4.75. The van der Waals surface area contributed by atoms with Crippen LogP contribution in [-0.2, 0) is 4.79 Å². The van der Waals surface area contributed by atoms with Gasteiger partial charge in [-0.1, -0.05) is 0 Å². The number of carbonyl (C=O) groups is 2. The molecule has 0 aliphatic carbocycles. The van der Waals surface area contributed by atoms with Crippen molar-refractivity contribution >= 4 is 24.4 Å². The lowest BCUT2D eigenvalue weighted by Crippen LogP contribution is -2.53. The summed E-state index contributed by atoms with van der Waals surface area (Å²) in [6.07, 6.45) is 0. The molecule has 0 saturated heterocycles. The molecule has 0 atom stereocenters. The maximum atomic E-state index is 13.4. The molecule has 4 nitrogen and oxygen atoms in total. The number of nitrogens with one attached hydrogen (secondary N) is 1. The minimum Gasteiger partial charge on any atom is -0.368 e. The van der Waals surface area contributed by atoms with Crippen molar-refractivity contribution in [2.24, 2.45) is 5.73 Å². The second-order valence-corrected chi connectivity index (χ2v) is 4.62. The Labute approximate surface area is 104 Å². The fraction of sp³-hybridized carbons (Fsp3) is 0.273. The topological polar surface area (TPSA) is 72.2 Å². The number of hydrogen-bond donors (Lipinski definition) is 3.